The Morgan fingerprint density at radius 2 is 1.77 bits per heavy atom. The SMILES string of the molecule is CCOC(C)C(=O)OCC12COC3(C)CCC(C)(OC1)N23.Cl. The molecule has 0 aromatic heterocycles. The van der Waals surface area contributed by atoms with Crippen LogP contribution >= 0.6 is 12.4 Å². The quantitative estimate of drug-likeness (QED) is 0.713. The molecule has 0 radical (unpaired) electrons. The van der Waals surface area contributed by atoms with Gasteiger partial charge >= 0.3 is 5.97 Å². The van der Waals surface area contributed by atoms with Crippen molar-refractivity contribution in [3.63, 3.8) is 0 Å². The van der Waals surface area contributed by atoms with Crippen LogP contribution in [0.15, 0.2) is 0 Å². The highest BCUT2D eigenvalue weighted by atomic mass is 35.5. The van der Waals surface area contributed by atoms with Crippen LogP contribution in [0.2, 0.25) is 0 Å². The number of nitrogens with zero attached hydrogens (tertiary/aromatic N) is 1. The van der Waals surface area contributed by atoms with E-state index in [1.807, 2.05) is 6.92 Å². The van der Waals surface area contributed by atoms with Crippen molar-refractivity contribution in [1.82, 2.24) is 4.90 Å². The number of ether oxygens (including phenoxy) is 4. The Balaban J connectivity index is 0.00000176. The molecule has 0 aliphatic carbocycles. The van der Waals surface area contributed by atoms with Crippen molar-refractivity contribution >= 4 is 18.4 Å². The van der Waals surface area contributed by atoms with Crippen LogP contribution in [0, 0.1) is 0 Å². The molecule has 0 amide bonds. The Morgan fingerprint density at radius 3 is 2.27 bits per heavy atom. The molecule has 3 aliphatic rings. The minimum Gasteiger partial charge on any atom is -0.462 e. The molecule has 3 heterocycles. The highest BCUT2D eigenvalue weighted by Crippen LogP contribution is 2.55. The molecule has 3 atom stereocenters. The first-order valence-corrected chi connectivity index (χ1v) is 7.72. The molecule has 0 saturated carbocycles. The van der Waals surface area contributed by atoms with E-state index in [-0.39, 0.29) is 42.0 Å². The van der Waals surface area contributed by atoms with E-state index in [0.717, 1.165) is 12.8 Å². The van der Waals surface area contributed by atoms with Gasteiger partial charge in [0.05, 0.1) is 13.2 Å². The van der Waals surface area contributed by atoms with Crippen molar-refractivity contribution in [2.75, 3.05) is 26.4 Å². The molecule has 128 valence electrons. The van der Waals surface area contributed by atoms with E-state index >= 15 is 0 Å². The van der Waals surface area contributed by atoms with E-state index in [1.165, 1.54) is 0 Å². The summed E-state index contributed by atoms with van der Waals surface area (Å²) in [5, 5.41) is 0. The number of carbonyl (C=O) groups is 1. The molecule has 0 bridgehead atoms. The molecule has 3 unspecified atom stereocenters. The molecule has 3 rings (SSSR count). The third-order valence-electron chi connectivity index (χ3n) is 5.01. The Kier molecular flexibility index (Phi) is 4.82. The zero-order valence-electron chi connectivity index (χ0n) is 13.7. The molecule has 6 nitrogen and oxygen atoms in total. The third-order valence-corrected chi connectivity index (χ3v) is 5.01. The van der Waals surface area contributed by atoms with Crippen LogP contribution in [-0.4, -0.2) is 60.4 Å². The van der Waals surface area contributed by atoms with Gasteiger partial charge in [0.2, 0.25) is 0 Å². The molecule has 0 aromatic carbocycles. The summed E-state index contributed by atoms with van der Waals surface area (Å²) < 4.78 is 22.8. The number of hydrogen-bond acceptors (Lipinski definition) is 6. The molecule has 3 saturated heterocycles. The second-order valence-corrected chi connectivity index (χ2v) is 6.69. The van der Waals surface area contributed by atoms with Crippen LogP contribution in [0.5, 0.6) is 0 Å². The Hall–Kier alpha value is -0.400. The zero-order valence-corrected chi connectivity index (χ0v) is 14.5. The van der Waals surface area contributed by atoms with Gasteiger partial charge in [0.25, 0.3) is 0 Å². The Labute approximate surface area is 137 Å². The molecule has 3 fully saturated rings. The van der Waals surface area contributed by atoms with Gasteiger partial charge in [-0.05, 0) is 40.5 Å². The first-order chi connectivity index (χ1) is 9.85. The third kappa shape index (κ3) is 2.55. The van der Waals surface area contributed by atoms with Crippen LogP contribution in [0.4, 0.5) is 0 Å². The van der Waals surface area contributed by atoms with Crippen molar-refractivity contribution in [3.05, 3.63) is 0 Å². The second kappa shape index (κ2) is 5.91. The van der Waals surface area contributed by atoms with Crippen LogP contribution in [0.25, 0.3) is 0 Å². The summed E-state index contributed by atoms with van der Waals surface area (Å²) in [6.45, 7) is 9.62. The summed E-state index contributed by atoms with van der Waals surface area (Å²) in [5.74, 6) is -0.326. The minimum absolute atomic E-state index is 0. The highest BCUT2D eigenvalue weighted by Gasteiger charge is 2.69. The molecular weight excluding hydrogens is 310 g/mol. The van der Waals surface area contributed by atoms with E-state index in [2.05, 4.69) is 18.7 Å². The predicted molar refractivity (Wildman–Crippen MR) is 81.8 cm³/mol. The fraction of sp³-hybridized carbons (Fsp3) is 0.933. The van der Waals surface area contributed by atoms with Crippen molar-refractivity contribution in [3.8, 4) is 0 Å². The van der Waals surface area contributed by atoms with Gasteiger partial charge in [-0.1, -0.05) is 0 Å². The normalized spacial score (nSPS) is 41.1. The fourth-order valence-corrected chi connectivity index (χ4v) is 4.00. The van der Waals surface area contributed by atoms with Crippen LogP contribution in [-0.2, 0) is 23.7 Å². The lowest BCUT2D eigenvalue weighted by Gasteiger charge is -2.37. The summed E-state index contributed by atoms with van der Waals surface area (Å²) in [6.07, 6.45) is 1.34. The number of halogens is 1. The summed E-state index contributed by atoms with van der Waals surface area (Å²) >= 11 is 0. The van der Waals surface area contributed by atoms with Gasteiger partial charge in [0, 0.05) is 6.61 Å². The van der Waals surface area contributed by atoms with Crippen LogP contribution < -0.4 is 0 Å². The maximum Gasteiger partial charge on any atom is 0.335 e. The number of carbonyl (C=O) groups excluding carboxylic acids is 1. The Morgan fingerprint density at radius 1 is 1.23 bits per heavy atom. The van der Waals surface area contributed by atoms with Crippen LogP contribution in [0.3, 0.4) is 0 Å². The molecule has 3 aliphatic heterocycles. The summed E-state index contributed by atoms with van der Waals surface area (Å²) in [4.78, 5) is 14.2. The van der Waals surface area contributed by atoms with E-state index in [0.29, 0.717) is 19.8 Å². The lowest BCUT2D eigenvalue weighted by molar-refractivity contribution is -0.160. The van der Waals surface area contributed by atoms with Crippen molar-refractivity contribution in [2.45, 2.75) is 63.6 Å². The van der Waals surface area contributed by atoms with E-state index in [9.17, 15) is 4.79 Å². The van der Waals surface area contributed by atoms with E-state index in [1.54, 1.807) is 6.92 Å². The molecule has 0 spiro atoms. The van der Waals surface area contributed by atoms with Crippen molar-refractivity contribution < 1.29 is 23.7 Å². The maximum absolute atomic E-state index is 12.0. The van der Waals surface area contributed by atoms with Gasteiger partial charge < -0.3 is 18.9 Å². The zero-order chi connectivity index (χ0) is 15.3. The molecule has 22 heavy (non-hydrogen) atoms. The summed E-state index contributed by atoms with van der Waals surface area (Å²) in [5.41, 5.74) is -0.964. The van der Waals surface area contributed by atoms with Crippen LogP contribution in [0.1, 0.15) is 40.5 Å². The lowest BCUT2D eigenvalue weighted by atomic mass is 10.0. The molecule has 0 N–H and O–H groups in total. The number of hydrogen-bond donors (Lipinski definition) is 0. The summed E-state index contributed by atoms with van der Waals surface area (Å²) in [6, 6.07) is 0. The standard InChI is InChI=1S/C15H25NO5.ClH/c1-5-18-11(2)12(17)19-8-15-9-20-13(3)6-7-14(4,16(13)15)21-10-15;/h11H,5-10H2,1-4H3;1H. The topological polar surface area (TPSA) is 57.2 Å². The maximum atomic E-state index is 12.0. The van der Waals surface area contributed by atoms with Gasteiger partial charge in [-0.2, -0.15) is 0 Å². The lowest BCUT2D eigenvalue weighted by Crippen LogP contribution is -2.56. The van der Waals surface area contributed by atoms with E-state index in [4.69, 9.17) is 18.9 Å². The largest absolute Gasteiger partial charge is 0.462 e. The monoisotopic (exact) mass is 335 g/mol. The smallest absolute Gasteiger partial charge is 0.335 e. The molecule has 7 heteroatoms. The highest BCUT2D eigenvalue weighted by molar-refractivity contribution is 5.85. The number of rotatable bonds is 5. The number of esters is 1. The minimum atomic E-state index is -0.535. The van der Waals surface area contributed by atoms with Crippen molar-refractivity contribution in [1.29, 1.82) is 0 Å². The first-order valence-electron chi connectivity index (χ1n) is 7.72. The summed E-state index contributed by atoms with van der Waals surface area (Å²) in [7, 11) is 0. The van der Waals surface area contributed by atoms with Gasteiger partial charge in [-0.3, -0.25) is 0 Å². The molecule has 0 aromatic rings. The second-order valence-electron chi connectivity index (χ2n) is 6.69. The van der Waals surface area contributed by atoms with Gasteiger partial charge in [0.15, 0.2) is 6.10 Å². The average molecular weight is 336 g/mol. The van der Waals surface area contributed by atoms with Gasteiger partial charge in [0.1, 0.15) is 23.6 Å². The fourth-order valence-electron chi connectivity index (χ4n) is 4.00. The van der Waals surface area contributed by atoms with Gasteiger partial charge in [-0.15, -0.1) is 12.4 Å². The molecular formula is C15H26ClNO5. The first kappa shape index (κ1) is 17.9. The Bertz CT molecular complexity index is 426. The average Bonchev–Trinajstić information content (AvgIpc) is 3.02. The van der Waals surface area contributed by atoms with Gasteiger partial charge in [-0.25, -0.2) is 9.69 Å². The van der Waals surface area contributed by atoms with Crippen molar-refractivity contribution in [2.24, 2.45) is 0 Å². The van der Waals surface area contributed by atoms with E-state index < -0.39 is 6.10 Å². The predicted octanol–water partition coefficient (Wildman–Crippen LogP) is 1.70.